The lowest BCUT2D eigenvalue weighted by Crippen LogP contribution is -1.96. The Morgan fingerprint density at radius 1 is 1.57 bits per heavy atom. The molecule has 0 aliphatic rings. The van der Waals surface area contributed by atoms with Gasteiger partial charge in [0, 0.05) is 5.92 Å². The predicted molar refractivity (Wildman–Crippen MR) is 52.2 cm³/mol. The fourth-order valence-corrected chi connectivity index (χ4v) is 1.16. The lowest BCUT2D eigenvalue weighted by atomic mass is 10.0. The van der Waals surface area contributed by atoms with E-state index in [0.717, 1.165) is 11.8 Å². The van der Waals surface area contributed by atoms with Crippen molar-refractivity contribution in [1.29, 1.82) is 5.26 Å². The summed E-state index contributed by atoms with van der Waals surface area (Å²) < 4.78 is 5.03. The summed E-state index contributed by atoms with van der Waals surface area (Å²) in [6.45, 7) is 1.80. The Balaban J connectivity index is 3.15. The summed E-state index contributed by atoms with van der Waals surface area (Å²) in [6.07, 6.45) is 0.862. The SMILES string of the molecule is COc1cc(C(C)C=O)ccc1C#N. The summed E-state index contributed by atoms with van der Waals surface area (Å²) in [4.78, 5) is 10.6. The second-order valence-corrected chi connectivity index (χ2v) is 3.00. The molecule has 0 aromatic heterocycles. The number of nitriles is 1. The van der Waals surface area contributed by atoms with Crippen LogP contribution < -0.4 is 4.74 Å². The number of rotatable bonds is 3. The number of carbonyl (C=O) groups excluding carboxylic acids is 1. The van der Waals surface area contributed by atoms with E-state index < -0.39 is 0 Å². The highest BCUT2D eigenvalue weighted by Gasteiger charge is 2.08. The van der Waals surface area contributed by atoms with Gasteiger partial charge in [-0.05, 0) is 17.7 Å². The summed E-state index contributed by atoms with van der Waals surface area (Å²) in [5.74, 6) is 0.343. The normalized spacial score (nSPS) is 11.5. The number of methoxy groups -OCH3 is 1. The molecule has 3 nitrogen and oxygen atoms in total. The van der Waals surface area contributed by atoms with Gasteiger partial charge in [-0.1, -0.05) is 13.0 Å². The molecule has 14 heavy (non-hydrogen) atoms. The van der Waals surface area contributed by atoms with Crippen LogP contribution in [0.2, 0.25) is 0 Å². The first-order valence-corrected chi connectivity index (χ1v) is 4.26. The van der Waals surface area contributed by atoms with Crippen molar-refractivity contribution in [2.24, 2.45) is 0 Å². The van der Waals surface area contributed by atoms with Gasteiger partial charge in [-0.15, -0.1) is 0 Å². The number of ether oxygens (including phenoxy) is 1. The highest BCUT2D eigenvalue weighted by Crippen LogP contribution is 2.23. The van der Waals surface area contributed by atoms with E-state index in [4.69, 9.17) is 10.00 Å². The van der Waals surface area contributed by atoms with Gasteiger partial charge in [-0.2, -0.15) is 5.26 Å². The number of hydrogen-bond acceptors (Lipinski definition) is 3. The van der Waals surface area contributed by atoms with E-state index in [0.29, 0.717) is 11.3 Å². The van der Waals surface area contributed by atoms with Gasteiger partial charge >= 0.3 is 0 Å². The van der Waals surface area contributed by atoms with Crippen molar-refractivity contribution in [1.82, 2.24) is 0 Å². The average Bonchev–Trinajstić information content (AvgIpc) is 2.26. The molecule has 1 unspecified atom stereocenters. The van der Waals surface area contributed by atoms with Crippen molar-refractivity contribution >= 4 is 6.29 Å². The Hall–Kier alpha value is -1.82. The third-order valence-corrected chi connectivity index (χ3v) is 2.08. The molecular formula is C11H11NO2. The topological polar surface area (TPSA) is 50.1 Å². The predicted octanol–water partition coefficient (Wildman–Crippen LogP) is 1.87. The summed E-state index contributed by atoms with van der Waals surface area (Å²) >= 11 is 0. The average molecular weight is 189 g/mol. The number of aldehydes is 1. The molecule has 1 aromatic carbocycles. The smallest absolute Gasteiger partial charge is 0.136 e. The molecule has 0 saturated heterocycles. The van der Waals surface area contributed by atoms with Crippen LogP contribution in [0.1, 0.15) is 24.0 Å². The maximum absolute atomic E-state index is 10.6. The summed E-state index contributed by atoms with van der Waals surface area (Å²) in [6, 6.07) is 7.16. The molecule has 72 valence electrons. The number of benzene rings is 1. The van der Waals surface area contributed by atoms with Crippen LogP contribution in [0.4, 0.5) is 0 Å². The number of carbonyl (C=O) groups is 1. The quantitative estimate of drug-likeness (QED) is 0.682. The largest absolute Gasteiger partial charge is 0.495 e. The van der Waals surface area contributed by atoms with Crippen LogP contribution >= 0.6 is 0 Å². The molecule has 0 N–H and O–H groups in total. The molecule has 0 aliphatic carbocycles. The van der Waals surface area contributed by atoms with Crippen LogP contribution in [0, 0.1) is 11.3 Å². The van der Waals surface area contributed by atoms with Crippen LogP contribution in [0.15, 0.2) is 18.2 Å². The van der Waals surface area contributed by atoms with Crippen LogP contribution in [-0.2, 0) is 4.79 Å². The van der Waals surface area contributed by atoms with E-state index in [1.807, 2.05) is 6.07 Å². The standard InChI is InChI=1S/C11H11NO2/c1-8(7-13)9-3-4-10(6-12)11(5-9)14-2/h3-5,7-8H,1-2H3. The van der Waals surface area contributed by atoms with Crippen LogP contribution in [-0.4, -0.2) is 13.4 Å². The Bertz CT molecular complexity index is 379. The second kappa shape index (κ2) is 4.43. The molecule has 0 spiro atoms. The van der Waals surface area contributed by atoms with E-state index in [1.165, 1.54) is 7.11 Å². The minimum Gasteiger partial charge on any atom is -0.495 e. The van der Waals surface area contributed by atoms with Gasteiger partial charge < -0.3 is 9.53 Å². The van der Waals surface area contributed by atoms with Crippen molar-refractivity contribution in [3.05, 3.63) is 29.3 Å². The number of nitrogens with zero attached hydrogens (tertiary/aromatic N) is 1. The third-order valence-electron chi connectivity index (χ3n) is 2.08. The van der Waals surface area contributed by atoms with Gasteiger partial charge in [0.05, 0.1) is 12.7 Å². The zero-order chi connectivity index (χ0) is 10.6. The van der Waals surface area contributed by atoms with Gasteiger partial charge in [0.25, 0.3) is 0 Å². The zero-order valence-electron chi connectivity index (χ0n) is 8.15. The summed E-state index contributed by atoms with van der Waals surface area (Å²) in [7, 11) is 1.51. The minimum atomic E-state index is -0.170. The molecule has 0 bridgehead atoms. The van der Waals surface area contributed by atoms with Crippen molar-refractivity contribution in [3.63, 3.8) is 0 Å². The molecule has 0 heterocycles. The van der Waals surface area contributed by atoms with Crippen molar-refractivity contribution in [2.45, 2.75) is 12.8 Å². The molecule has 0 fully saturated rings. The first kappa shape index (κ1) is 10.3. The third kappa shape index (κ3) is 1.91. The van der Waals surface area contributed by atoms with E-state index in [1.54, 1.807) is 25.1 Å². The molecular weight excluding hydrogens is 178 g/mol. The highest BCUT2D eigenvalue weighted by molar-refractivity contribution is 5.62. The molecule has 0 amide bonds. The van der Waals surface area contributed by atoms with Gasteiger partial charge in [-0.25, -0.2) is 0 Å². The summed E-state index contributed by atoms with van der Waals surface area (Å²) in [5, 5.41) is 8.74. The van der Waals surface area contributed by atoms with E-state index in [-0.39, 0.29) is 5.92 Å². The number of hydrogen-bond donors (Lipinski definition) is 0. The molecule has 0 saturated carbocycles. The fraction of sp³-hybridized carbons (Fsp3) is 0.273. The maximum atomic E-state index is 10.6. The Kier molecular flexibility index (Phi) is 3.24. The maximum Gasteiger partial charge on any atom is 0.136 e. The van der Waals surface area contributed by atoms with E-state index in [9.17, 15) is 4.79 Å². The van der Waals surface area contributed by atoms with Crippen LogP contribution in [0.25, 0.3) is 0 Å². The minimum absolute atomic E-state index is 0.170. The Labute approximate surface area is 82.9 Å². The first-order valence-electron chi connectivity index (χ1n) is 4.26. The van der Waals surface area contributed by atoms with Gasteiger partial charge in [0.2, 0.25) is 0 Å². The van der Waals surface area contributed by atoms with Crippen LogP contribution in [0.3, 0.4) is 0 Å². The lowest BCUT2D eigenvalue weighted by Gasteiger charge is -2.07. The van der Waals surface area contributed by atoms with E-state index >= 15 is 0 Å². The van der Waals surface area contributed by atoms with Gasteiger partial charge in [-0.3, -0.25) is 0 Å². The molecule has 3 heteroatoms. The Morgan fingerprint density at radius 2 is 2.29 bits per heavy atom. The van der Waals surface area contributed by atoms with Gasteiger partial charge in [0.1, 0.15) is 18.1 Å². The van der Waals surface area contributed by atoms with Crippen molar-refractivity contribution in [2.75, 3.05) is 7.11 Å². The molecule has 1 atom stereocenters. The highest BCUT2D eigenvalue weighted by atomic mass is 16.5. The fourth-order valence-electron chi connectivity index (χ4n) is 1.16. The van der Waals surface area contributed by atoms with Crippen molar-refractivity contribution in [3.8, 4) is 11.8 Å². The molecule has 1 rings (SSSR count). The Morgan fingerprint density at radius 3 is 2.79 bits per heavy atom. The lowest BCUT2D eigenvalue weighted by molar-refractivity contribution is -0.108. The van der Waals surface area contributed by atoms with E-state index in [2.05, 4.69) is 0 Å². The first-order chi connectivity index (χ1) is 6.72. The molecule has 0 aliphatic heterocycles. The zero-order valence-corrected chi connectivity index (χ0v) is 8.15. The molecule has 0 radical (unpaired) electrons. The molecule has 1 aromatic rings. The monoisotopic (exact) mass is 189 g/mol. The van der Waals surface area contributed by atoms with Crippen molar-refractivity contribution < 1.29 is 9.53 Å². The van der Waals surface area contributed by atoms with Gasteiger partial charge in [0.15, 0.2) is 0 Å². The summed E-state index contributed by atoms with van der Waals surface area (Å²) in [5.41, 5.74) is 1.34. The second-order valence-electron chi connectivity index (χ2n) is 3.00. The van der Waals surface area contributed by atoms with Crippen LogP contribution in [0.5, 0.6) is 5.75 Å².